The second-order valence-electron chi connectivity index (χ2n) is 6.44. The molecule has 0 atom stereocenters. The zero-order chi connectivity index (χ0) is 18.5. The lowest BCUT2D eigenvalue weighted by Crippen LogP contribution is -2.31. The lowest BCUT2D eigenvalue weighted by atomic mass is 10.2. The van der Waals surface area contributed by atoms with Gasteiger partial charge in [0.1, 0.15) is 6.67 Å². The summed E-state index contributed by atoms with van der Waals surface area (Å²) >= 11 is 0. The number of pyridine rings is 1. The highest BCUT2D eigenvalue weighted by molar-refractivity contribution is 7.89. The van der Waals surface area contributed by atoms with E-state index in [9.17, 15) is 13.2 Å². The minimum absolute atomic E-state index is 0.194. The van der Waals surface area contributed by atoms with Gasteiger partial charge in [-0.2, -0.15) is 4.68 Å². The molecule has 0 aliphatic carbocycles. The minimum Gasteiger partial charge on any atom is -0.351 e. The Labute approximate surface area is 150 Å². The van der Waals surface area contributed by atoms with E-state index < -0.39 is 10.0 Å². The van der Waals surface area contributed by atoms with Gasteiger partial charge in [-0.15, -0.1) is 5.10 Å². The van der Waals surface area contributed by atoms with Crippen LogP contribution in [-0.4, -0.2) is 47.5 Å². The van der Waals surface area contributed by atoms with E-state index in [0.717, 1.165) is 17.7 Å². The number of nitrogens with zero attached hydrogens (tertiary/aromatic N) is 5. The molecule has 26 heavy (non-hydrogen) atoms. The molecule has 1 aliphatic rings. The topological polar surface area (TPSA) is 79.9 Å². The van der Waals surface area contributed by atoms with Gasteiger partial charge in [-0.25, -0.2) is 17.5 Å². The Bertz CT molecular complexity index is 1150. The molecule has 1 aliphatic heterocycles. The number of fused-ring (bicyclic) bond motifs is 2. The number of rotatable bonds is 4. The molecule has 8 nitrogen and oxygen atoms in total. The smallest absolute Gasteiger partial charge is 0.351 e. The van der Waals surface area contributed by atoms with Crippen molar-refractivity contribution in [3.63, 3.8) is 0 Å². The molecule has 4 rings (SSSR count). The van der Waals surface area contributed by atoms with Gasteiger partial charge >= 0.3 is 5.69 Å². The normalized spacial score (nSPS) is 14.3. The van der Waals surface area contributed by atoms with E-state index >= 15 is 0 Å². The predicted molar refractivity (Wildman–Crippen MR) is 97.8 cm³/mol. The molecule has 3 aromatic rings. The summed E-state index contributed by atoms with van der Waals surface area (Å²) in [5.41, 5.74) is 2.31. The Morgan fingerprint density at radius 2 is 2.00 bits per heavy atom. The van der Waals surface area contributed by atoms with Crippen LogP contribution in [0.25, 0.3) is 5.65 Å². The number of aromatic nitrogens is 3. The van der Waals surface area contributed by atoms with Gasteiger partial charge in [0, 0.05) is 32.5 Å². The van der Waals surface area contributed by atoms with E-state index in [4.69, 9.17) is 0 Å². The zero-order valence-electron chi connectivity index (χ0n) is 14.5. The summed E-state index contributed by atoms with van der Waals surface area (Å²) in [6, 6.07) is 10.5. The number of sulfonamides is 1. The third kappa shape index (κ3) is 2.60. The van der Waals surface area contributed by atoms with Crippen LogP contribution in [0.4, 0.5) is 5.69 Å². The molecule has 2 aromatic heterocycles. The summed E-state index contributed by atoms with van der Waals surface area (Å²) in [4.78, 5) is 14.8. The molecule has 1 aromatic carbocycles. The van der Waals surface area contributed by atoms with Crippen LogP contribution < -0.4 is 10.6 Å². The second kappa shape index (κ2) is 5.96. The second-order valence-corrected chi connectivity index (χ2v) is 8.60. The van der Waals surface area contributed by atoms with Crippen LogP contribution in [0.2, 0.25) is 0 Å². The molecular weight excluding hydrogens is 354 g/mol. The summed E-state index contributed by atoms with van der Waals surface area (Å²) in [6.45, 7) is 1.04. The first kappa shape index (κ1) is 16.8. The van der Waals surface area contributed by atoms with E-state index in [1.54, 1.807) is 36.5 Å². The van der Waals surface area contributed by atoms with Crippen LogP contribution in [0.1, 0.15) is 5.56 Å². The molecule has 0 unspecified atom stereocenters. The zero-order valence-corrected chi connectivity index (χ0v) is 15.3. The van der Waals surface area contributed by atoms with Gasteiger partial charge in [0.2, 0.25) is 10.0 Å². The van der Waals surface area contributed by atoms with Crippen molar-refractivity contribution in [1.29, 1.82) is 0 Å². The van der Waals surface area contributed by atoms with Gasteiger partial charge in [0.05, 0.1) is 4.90 Å². The molecule has 0 bridgehead atoms. The highest BCUT2D eigenvalue weighted by Crippen LogP contribution is 2.30. The van der Waals surface area contributed by atoms with E-state index in [2.05, 4.69) is 5.10 Å². The molecule has 0 N–H and O–H groups in total. The molecule has 0 spiro atoms. The molecule has 0 amide bonds. The molecule has 0 saturated carbocycles. The standard InChI is InChI=1S/C17H19N5O3S/c1-19(2)26(24,25)14-6-7-15-13(11-14)8-10-20(15)12-22-17(23)21-9-4-3-5-16(21)18-22/h3-7,9,11H,8,10,12H2,1-2H3. The highest BCUT2D eigenvalue weighted by atomic mass is 32.2. The van der Waals surface area contributed by atoms with Gasteiger partial charge in [0.15, 0.2) is 5.65 Å². The maximum atomic E-state index is 12.4. The first-order valence-electron chi connectivity index (χ1n) is 8.22. The van der Waals surface area contributed by atoms with E-state index in [1.807, 2.05) is 11.0 Å². The van der Waals surface area contributed by atoms with Crippen molar-refractivity contribution in [2.45, 2.75) is 18.0 Å². The maximum Gasteiger partial charge on any atom is 0.352 e. The van der Waals surface area contributed by atoms with Crippen molar-refractivity contribution in [1.82, 2.24) is 18.5 Å². The van der Waals surface area contributed by atoms with E-state index in [-0.39, 0.29) is 10.6 Å². The highest BCUT2D eigenvalue weighted by Gasteiger charge is 2.24. The van der Waals surface area contributed by atoms with Gasteiger partial charge in [0.25, 0.3) is 0 Å². The van der Waals surface area contributed by atoms with Crippen LogP contribution in [0.5, 0.6) is 0 Å². The molecule has 0 fully saturated rings. The lowest BCUT2D eigenvalue weighted by molar-refractivity contribution is 0.520. The Hall–Kier alpha value is -2.65. The van der Waals surface area contributed by atoms with Crippen molar-refractivity contribution in [3.05, 3.63) is 58.6 Å². The summed E-state index contributed by atoms with van der Waals surface area (Å²) in [5, 5.41) is 4.35. The first-order valence-corrected chi connectivity index (χ1v) is 9.66. The molecule has 0 saturated heterocycles. The fraction of sp³-hybridized carbons (Fsp3) is 0.294. The largest absolute Gasteiger partial charge is 0.352 e. The Morgan fingerprint density at radius 1 is 1.19 bits per heavy atom. The predicted octanol–water partition coefficient (Wildman–Crippen LogP) is 0.767. The van der Waals surface area contributed by atoms with Crippen LogP contribution in [-0.2, 0) is 23.1 Å². The van der Waals surface area contributed by atoms with Crippen molar-refractivity contribution in [2.75, 3.05) is 25.5 Å². The fourth-order valence-corrected chi connectivity index (χ4v) is 4.14. The molecule has 0 radical (unpaired) electrons. The quantitative estimate of drug-likeness (QED) is 0.675. The average Bonchev–Trinajstić information content (AvgIpc) is 3.16. The summed E-state index contributed by atoms with van der Waals surface area (Å²) < 4.78 is 28.7. The number of hydrogen-bond acceptors (Lipinski definition) is 5. The van der Waals surface area contributed by atoms with Crippen molar-refractivity contribution < 1.29 is 8.42 Å². The van der Waals surface area contributed by atoms with Crippen LogP contribution >= 0.6 is 0 Å². The van der Waals surface area contributed by atoms with Gasteiger partial charge < -0.3 is 4.90 Å². The number of anilines is 1. The number of benzene rings is 1. The summed E-state index contributed by atoms with van der Waals surface area (Å²) in [7, 11) is -0.418. The summed E-state index contributed by atoms with van der Waals surface area (Å²) in [6.07, 6.45) is 2.42. The van der Waals surface area contributed by atoms with Crippen LogP contribution in [0.15, 0.2) is 52.3 Å². The summed E-state index contributed by atoms with van der Waals surface area (Å²) in [5.74, 6) is 0. The van der Waals surface area contributed by atoms with Crippen molar-refractivity contribution in [2.24, 2.45) is 0 Å². The molecule has 136 valence electrons. The lowest BCUT2D eigenvalue weighted by Gasteiger charge is -2.19. The SMILES string of the molecule is CN(C)S(=O)(=O)c1ccc2c(c1)CCN2Cn1nc2ccccn2c1=O. The number of hydrogen-bond donors (Lipinski definition) is 0. The average molecular weight is 373 g/mol. The van der Waals surface area contributed by atoms with Crippen LogP contribution in [0.3, 0.4) is 0 Å². The van der Waals surface area contributed by atoms with Gasteiger partial charge in [-0.3, -0.25) is 4.40 Å². The van der Waals surface area contributed by atoms with Gasteiger partial charge in [-0.05, 0) is 42.3 Å². The molecule has 9 heteroatoms. The van der Waals surface area contributed by atoms with Crippen molar-refractivity contribution in [3.8, 4) is 0 Å². The Morgan fingerprint density at radius 3 is 2.73 bits per heavy atom. The maximum absolute atomic E-state index is 12.4. The van der Waals surface area contributed by atoms with E-state index in [0.29, 0.717) is 18.9 Å². The Balaban J connectivity index is 1.66. The first-order chi connectivity index (χ1) is 12.4. The van der Waals surface area contributed by atoms with Gasteiger partial charge in [-0.1, -0.05) is 6.07 Å². The third-order valence-corrected chi connectivity index (χ3v) is 6.43. The van der Waals surface area contributed by atoms with Crippen LogP contribution in [0, 0.1) is 0 Å². The van der Waals surface area contributed by atoms with E-state index in [1.165, 1.54) is 27.5 Å². The fourth-order valence-electron chi connectivity index (χ4n) is 3.19. The molecule has 3 heterocycles. The Kier molecular flexibility index (Phi) is 3.85. The van der Waals surface area contributed by atoms with Crippen molar-refractivity contribution >= 4 is 21.4 Å². The molecular formula is C17H19N5O3S. The monoisotopic (exact) mass is 373 g/mol. The third-order valence-electron chi connectivity index (χ3n) is 4.61. The minimum atomic E-state index is -3.45.